The van der Waals surface area contributed by atoms with Gasteiger partial charge in [0.15, 0.2) is 11.6 Å². The third-order valence-corrected chi connectivity index (χ3v) is 6.56. The number of hydrogen-bond acceptors (Lipinski definition) is 4. The molecule has 0 radical (unpaired) electrons. The number of carbonyl (C=O) groups excluding carboxylic acids is 1. The van der Waals surface area contributed by atoms with Crippen LogP contribution in [0.15, 0.2) is 42.5 Å². The lowest BCUT2D eigenvalue weighted by Gasteiger charge is -2.26. The topological polar surface area (TPSA) is 55.7 Å². The van der Waals surface area contributed by atoms with Crippen LogP contribution in [0.25, 0.3) is 22.2 Å². The van der Waals surface area contributed by atoms with Crippen LogP contribution in [-0.2, 0) is 11.3 Å². The fraction of sp³-hybridized carbons (Fsp3) is 0.464. The van der Waals surface area contributed by atoms with Crippen LogP contribution in [0.2, 0.25) is 0 Å². The van der Waals surface area contributed by atoms with E-state index in [1.165, 1.54) is 52.5 Å². The fourth-order valence-electron chi connectivity index (χ4n) is 4.92. The average molecular weight is 482 g/mol. The molecule has 1 unspecified atom stereocenters. The second-order valence-electron chi connectivity index (χ2n) is 9.42. The number of hydrogen-bond donors (Lipinski definition) is 1. The van der Waals surface area contributed by atoms with E-state index in [9.17, 15) is 9.18 Å². The molecule has 4 rings (SSSR count). The molecule has 7 heteroatoms. The molecular formula is C28H36FN3O3. The predicted molar refractivity (Wildman–Crippen MR) is 138 cm³/mol. The number of nitrogens with one attached hydrogen (secondary N) is 1. The van der Waals surface area contributed by atoms with E-state index < -0.39 is 5.82 Å². The highest BCUT2D eigenvalue weighted by Gasteiger charge is 2.16. The Labute approximate surface area is 207 Å². The number of nitrogens with zero attached hydrogens (tertiary/aromatic N) is 2. The maximum Gasteiger partial charge on any atom is 0.217 e. The second kappa shape index (κ2) is 11.6. The molecule has 35 heavy (non-hydrogen) atoms. The van der Waals surface area contributed by atoms with Crippen molar-refractivity contribution in [2.45, 2.75) is 52.1 Å². The van der Waals surface area contributed by atoms with Crippen molar-refractivity contribution >= 4 is 16.8 Å². The molecule has 1 aliphatic heterocycles. The van der Waals surface area contributed by atoms with Gasteiger partial charge in [0.1, 0.15) is 5.75 Å². The van der Waals surface area contributed by atoms with Gasteiger partial charge in [0.25, 0.3) is 0 Å². The van der Waals surface area contributed by atoms with Crippen LogP contribution in [-0.4, -0.2) is 54.8 Å². The molecule has 2 heterocycles. The molecule has 3 aromatic rings. The quantitative estimate of drug-likeness (QED) is 0.403. The lowest BCUT2D eigenvalue weighted by atomic mass is 10.1. The first-order chi connectivity index (χ1) is 16.9. The number of methoxy groups -OCH3 is 1. The number of ether oxygens (including phenoxy) is 2. The minimum absolute atomic E-state index is 0.0702. The van der Waals surface area contributed by atoms with E-state index in [-0.39, 0.29) is 17.7 Å². The first kappa shape index (κ1) is 25.0. The van der Waals surface area contributed by atoms with Crippen molar-refractivity contribution < 1.29 is 18.7 Å². The molecule has 0 saturated carbocycles. The van der Waals surface area contributed by atoms with E-state index in [0.717, 1.165) is 40.9 Å². The minimum atomic E-state index is -0.397. The number of piperidine rings is 1. The number of carbonyl (C=O) groups is 1. The van der Waals surface area contributed by atoms with Gasteiger partial charge in [-0.05, 0) is 81.7 Å². The summed E-state index contributed by atoms with van der Waals surface area (Å²) in [4.78, 5) is 14.1. The summed E-state index contributed by atoms with van der Waals surface area (Å²) in [6.45, 7) is 8.24. The maximum atomic E-state index is 14.1. The summed E-state index contributed by atoms with van der Waals surface area (Å²) in [7, 11) is 1.46. The molecule has 1 atom stereocenters. The molecule has 1 aromatic heterocycles. The van der Waals surface area contributed by atoms with Crippen molar-refractivity contribution in [1.29, 1.82) is 0 Å². The van der Waals surface area contributed by atoms with E-state index in [1.807, 2.05) is 13.0 Å². The van der Waals surface area contributed by atoms with Crippen molar-refractivity contribution in [3.63, 3.8) is 0 Å². The number of aromatic nitrogens is 1. The van der Waals surface area contributed by atoms with E-state index in [4.69, 9.17) is 9.47 Å². The monoisotopic (exact) mass is 481 g/mol. The predicted octanol–water partition coefficient (Wildman–Crippen LogP) is 5.24. The first-order valence-corrected chi connectivity index (χ1v) is 12.5. The average Bonchev–Trinajstić information content (AvgIpc) is 3.19. The number of benzene rings is 2. The van der Waals surface area contributed by atoms with Gasteiger partial charge < -0.3 is 24.3 Å². The standard InChI is InChI=1S/C28H36FN3O3/c1-20(30-21(2)33)19-32-26-11-9-24(35-15-7-14-31-12-5-4-6-13-31)16-23(26)17-27(32)22-8-10-25(29)28(18-22)34-3/h8-11,16-18,20H,4-7,12-15,19H2,1-3H3,(H,30,33). The van der Waals surface area contributed by atoms with Gasteiger partial charge in [-0.2, -0.15) is 0 Å². The van der Waals surface area contributed by atoms with Gasteiger partial charge in [-0.3, -0.25) is 4.79 Å². The SMILES string of the molecule is COc1cc(-c2cc3cc(OCCCN4CCCCC4)ccc3n2CC(C)NC(C)=O)ccc1F. The summed E-state index contributed by atoms with van der Waals surface area (Å²) in [6.07, 6.45) is 4.96. The number of likely N-dealkylation sites (tertiary alicyclic amines) is 1. The fourth-order valence-corrected chi connectivity index (χ4v) is 4.92. The highest BCUT2D eigenvalue weighted by atomic mass is 19.1. The van der Waals surface area contributed by atoms with Crippen molar-refractivity contribution in [1.82, 2.24) is 14.8 Å². The Morgan fingerprint density at radius 1 is 1.11 bits per heavy atom. The first-order valence-electron chi connectivity index (χ1n) is 12.5. The minimum Gasteiger partial charge on any atom is -0.494 e. The third-order valence-electron chi connectivity index (χ3n) is 6.56. The summed E-state index contributed by atoms with van der Waals surface area (Å²) >= 11 is 0. The smallest absolute Gasteiger partial charge is 0.217 e. The van der Waals surface area contributed by atoms with Gasteiger partial charge in [0.2, 0.25) is 5.91 Å². The Kier molecular flexibility index (Phi) is 8.29. The van der Waals surface area contributed by atoms with Gasteiger partial charge in [-0.15, -0.1) is 0 Å². The van der Waals surface area contributed by atoms with Crippen LogP contribution < -0.4 is 14.8 Å². The molecule has 1 fully saturated rings. The van der Waals surface area contributed by atoms with Crippen LogP contribution in [0.3, 0.4) is 0 Å². The van der Waals surface area contributed by atoms with Crippen molar-refractivity contribution in [3.8, 4) is 22.8 Å². The van der Waals surface area contributed by atoms with Crippen LogP contribution in [0.5, 0.6) is 11.5 Å². The Morgan fingerprint density at radius 2 is 1.91 bits per heavy atom. The highest BCUT2D eigenvalue weighted by Crippen LogP contribution is 2.33. The van der Waals surface area contributed by atoms with E-state index in [1.54, 1.807) is 12.1 Å². The van der Waals surface area contributed by atoms with Crippen LogP contribution in [0, 0.1) is 5.82 Å². The van der Waals surface area contributed by atoms with Crippen LogP contribution in [0.4, 0.5) is 4.39 Å². The van der Waals surface area contributed by atoms with Gasteiger partial charge >= 0.3 is 0 Å². The van der Waals surface area contributed by atoms with Gasteiger partial charge in [-0.25, -0.2) is 4.39 Å². The number of rotatable bonds is 10. The Balaban J connectivity index is 1.56. The summed E-state index contributed by atoms with van der Waals surface area (Å²) in [5.74, 6) is 0.573. The summed E-state index contributed by atoms with van der Waals surface area (Å²) in [5.41, 5.74) is 2.80. The van der Waals surface area contributed by atoms with Gasteiger partial charge in [-0.1, -0.05) is 6.42 Å². The molecule has 0 aliphatic carbocycles. The molecule has 1 saturated heterocycles. The lowest BCUT2D eigenvalue weighted by Crippen LogP contribution is -2.34. The van der Waals surface area contributed by atoms with Crippen molar-refractivity contribution in [2.75, 3.05) is 33.4 Å². The largest absolute Gasteiger partial charge is 0.494 e. The zero-order valence-electron chi connectivity index (χ0n) is 21.0. The van der Waals surface area contributed by atoms with Gasteiger partial charge in [0, 0.05) is 48.2 Å². The van der Waals surface area contributed by atoms with E-state index in [2.05, 4.69) is 33.0 Å². The molecular weight excluding hydrogens is 445 g/mol. The molecule has 1 aliphatic rings. The maximum absolute atomic E-state index is 14.1. The van der Waals surface area contributed by atoms with Crippen molar-refractivity contribution in [3.05, 3.63) is 48.3 Å². The zero-order chi connectivity index (χ0) is 24.8. The summed E-state index contributed by atoms with van der Waals surface area (Å²) in [5, 5.41) is 3.99. The third kappa shape index (κ3) is 6.34. The molecule has 0 spiro atoms. The number of fused-ring (bicyclic) bond motifs is 1. The molecule has 1 amide bonds. The second-order valence-corrected chi connectivity index (χ2v) is 9.42. The van der Waals surface area contributed by atoms with E-state index in [0.29, 0.717) is 13.2 Å². The Hall–Kier alpha value is -3.06. The molecule has 6 nitrogen and oxygen atoms in total. The Morgan fingerprint density at radius 3 is 2.66 bits per heavy atom. The normalized spacial score (nSPS) is 15.2. The molecule has 188 valence electrons. The van der Waals surface area contributed by atoms with Crippen LogP contribution in [0.1, 0.15) is 39.5 Å². The van der Waals surface area contributed by atoms with Gasteiger partial charge in [0.05, 0.1) is 13.7 Å². The zero-order valence-corrected chi connectivity index (χ0v) is 21.0. The molecule has 0 bridgehead atoms. The van der Waals surface area contributed by atoms with Crippen LogP contribution >= 0.6 is 0 Å². The lowest BCUT2D eigenvalue weighted by molar-refractivity contribution is -0.119. The summed E-state index contributed by atoms with van der Waals surface area (Å²) in [6, 6.07) is 13.0. The number of amides is 1. The van der Waals surface area contributed by atoms with E-state index >= 15 is 0 Å². The van der Waals surface area contributed by atoms with Crippen molar-refractivity contribution in [2.24, 2.45) is 0 Å². The Bertz CT molecular complexity index is 1150. The molecule has 2 aromatic carbocycles. The highest BCUT2D eigenvalue weighted by molar-refractivity contribution is 5.88. The summed E-state index contributed by atoms with van der Waals surface area (Å²) < 4.78 is 27.5. The number of halogens is 1. The molecule has 1 N–H and O–H groups in total.